The molecule has 4 rings (SSSR count). The van der Waals surface area contributed by atoms with E-state index in [1.54, 1.807) is 4.68 Å². The summed E-state index contributed by atoms with van der Waals surface area (Å²) >= 11 is 0. The van der Waals surface area contributed by atoms with Crippen LogP contribution in [-0.2, 0) is 7.05 Å². The summed E-state index contributed by atoms with van der Waals surface area (Å²) in [5, 5.41) is 5.17. The molecule has 25 heavy (non-hydrogen) atoms. The highest BCUT2D eigenvalue weighted by Crippen LogP contribution is 2.29. The molecule has 1 aliphatic rings. The molecule has 3 aromatic rings. The molecule has 3 aromatic heterocycles. The van der Waals surface area contributed by atoms with Crippen molar-refractivity contribution in [3.8, 4) is 0 Å². The number of aryl methyl sites for hydroxylation is 3. The molecule has 4 heterocycles. The summed E-state index contributed by atoms with van der Waals surface area (Å²) in [6.45, 7) is 5.90. The van der Waals surface area contributed by atoms with Gasteiger partial charge in [-0.1, -0.05) is 0 Å². The monoisotopic (exact) mass is 337 g/mol. The minimum Gasteiger partial charge on any atom is -0.382 e. The van der Waals surface area contributed by atoms with Crippen molar-refractivity contribution >= 4 is 22.8 Å². The normalized spacial score (nSPS) is 18.0. The van der Waals surface area contributed by atoms with Crippen molar-refractivity contribution in [1.82, 2.24) is 24.7 Å². The van der Waals surface area contributed by atoms with Gasteiger partial charge in [0.1, 0.15) is 0 Å². The van der Waals surface area contributed by atoms with Crippen molar-refractivity contribution in [3.63, 3.8) is 0 Å². The van der Waals surface area contributed by atoms with Crippen LogP contribution >= 0.6 is 0 Å². The highest BCUT2D eigenvalue weighted by molar-refractivity contribution is 5.86. The number of aromatic nitrogens is 5. The number of fused-ring (bicyclic) bond motifs is 1. The van der Waals surface area contributed by atoms with E-state index in [1.165, 1.54) is 0 Å². The summed E-state index contributed by atoms with van der Waals surface area (Å²) in [5.74, 6) is 1.72. The van der Waals surface area contributed by atoms with Crippen molar-refractivity contribution < 1.29 is 0 Å². The van der Waals surface area contributed by atoms with Gasteiger partial charge in [0.05, 0.1) is 5.39 Å². The van der Waals surface area contributed by atoms with Gasteiger partial charge in [0.15, 0.2) is 11.5 Å². The van der Waals surface area contributed by atoms with Crippen LogP contribution in [0.1, 0.15) is 35.8 Å². The second-order valence-corrected chi connectivity index (χ2v) is 6.85. The third kappa shape index (κ3) is 2.90. The lowest BCUT2D eigenvalue weighted by atomic mass is 9.94. The molecule has 1 saturated heterocycles. The molecule has 0 unspecified atom stereocenters. The zero-order valence-corrected chi connectivity index (χ0v) is 14.9. The molecule has 130 valence electrons. The number of nitrogens with two attached hydrogens (primary N) is 1. The Morgan fingerprint density at radius 2 is 1.88 bits per heavy atom. The van der Waals surface area contributed by atoms with Crippen molar-refractivity contribution in [2.24, 2.45) is 7.05 Å². The molecule has 0 radical (unpaired) electrons. The Hall–Kier alpha value is -2.70. The molecule has 7 nitrogen and oxygen atoms in total. The van der Waals surface area contributed by atoms with Gasteiger partial charge in [-0.25, -0.2) is 19.6 Å². The van der Waals surface area contributed by atoms with E-state index in [1.807, 2.05) is 33.0 Å². The molecule has 0 spiro atoms. The van der Waals surface area contributed by atoms with E-state index in [9.17, 15) is 0 Å². The first-order valence-corrected chi connectivity index (χ1v) is 8.67. The Morgan fingerprint density at radius 3 is 2.64 bits per heavy atom. The van der Waals surface area contributed by atoms with E-state index in [0.29, 0.717) is 11.7 Å². The number of hydrogen-bond acceptors (Lipinski definition) is 6. The van der Waals surface area contributed by atoms with Crippen LogP contribution in [0.5, 0.6) is 0 Å². The maximum atomic E-state index is 5.94. The number of pyridine rings is 1. The number of anilines is 2. The lowest BCUT2D eigenvalue weighted by Gasteiger charge is -2.32. The van der Waals surface area contributed by atoms with Crippen LogP contribution in [0.4, 0.5) is 11.8 Å². The highest BCUT2D eigenvalue weighted by atomic mass is 15.3. The maximum Gasteiger partial charge on any atom is 0.225 e. The average Bonchev–Trinajstić information content (AvgIpc) is 2.88. The maximum absolute atomic E-state index is 5.94. The lowest BCUT2D eigenvalue weighted by Crippen LogP contribution is -2.36. The quantitative estimate of drug-likeness (QED) is 0.772. The number of rotatable bonds is 2. The molecular formula is C18H23N7. The van der Waals surface area contributed by atoms with Crippen LogP contribution in [0.25, 0.3) is 11.0 Å². The molecule has 1 fully saturated rings. The third-order valence-corrected chi connectivity index (χ3v) is 4.83. The van der Waals surface area contributed by atoms with Crippen molar-refractivity contribution in [2.45, 2.75) is 32.6 Å². The summed E-state index contributed by atoms with van der Waals surface area (Å²) in [6, 6.07) is 6.12. The van der Waals surface area contributed by atoms with Gasteiger partial charge in [0, 0.05) is 43.1 Å². The first-order valence-electron chi connectivity index (χ1n) is 8.67. The van der Waals surface area contributed by atoms with Gasteiger partial charge in [-0.15, -0.1) is 0 Å². The fourth-order valence-electron chi connectivity index (χ4n) is 3.65. The molecule has 1 aliphatic heterocycles. The minimum atomic E-state index is 0.360. The molecule has 7 heteroatoms. The fourth-order valence-corrected chi connectivity index (χ4v) is 3.65. The Labute approximate surface area is 146 Å². The van der Waals surface area contributed by atoms with Gasteiger partial charge < -0.3 is 10.6 Å². The molecule has 0 saturated carbocycles. The van der Waals surface area contributed by atoms with Crippen molar-refractivity contribution in [2.75, 3.05) is 23.7 Å². The van der Waals surface area contributed by atoms with Gasteiger partial charge in [0.2, 0.25) is 5.95 Å². The second kappa shape index (κ2) is 5.98. The van der Waals surface area contributed by atoms with Gasteiger partial charge in [-0.05, 0) is 44.9 Å². The number of nitrogens with zero attached hydrogens (tertiary/aromatic N) is 6. The summed E-state index contributed by atoms with van der Waals surface area (Å²) in [5.41, 5.74) is 9.88. The minimum absolute atomic E-state index is 0.360. The lowest BCUT2D eigenvalue weighted by molar-refractivity contribution is 0.495. The molecule has 0 aliphatic carbocycles. The molecular weight excluding hydrogens is 314 g/mol. The molecule has 0 bridgehead atoms. The molecule has 0 amide bonds. The Kier molecular flexibility index (Phi) is 3.78. The predicted molar refractivity (Wildman–Crippen MR) is 98.6 cm³/mol. The third-order valence-electron chi connectivity index (χ3n) is 4.83. The van der Waals surface area contributed by atoms with E-state index in [0.717, 1.165) is 60.0 Å². The van der Waals surface area contributed by atoms with Gasteiger partial charge in [0.25, 0.3) is 0 Å². The average molecular weight is 337 g/mol. The van der Waals surface area contributed by atoms with Gasteiger partial charge >= 0.3 is 0 Å². The predicted octanol–water partition coefficient (Wildman–Crippen LogP) is 2.34. The van der Waals surface area contributed by atoms with E-state index in [4.69, 9.17) is 10.7 Å². The van der Waals surface area contributed by atoms with E-state index in [-0.39, 0.29) is 0 Å². The molecule has 2 N–H and O–H groups in total. The summed E-state index contributed by atoms with van der Waals surface area (Å²) in [6.07, 6.45) is 2.22. The summed E-state index contributed by atoms with van der Waals surface area (Å²) in [4.78, 5) is 16.3. The van der Waals surface area contributed by atoms with Gasteiger partial charge in [-0.2, -0.15) is 5.10 Å². The van der Waals surface area contributed by atoms with Crippen LogP contribution in [0.2, 0.25) is 0 Å². The standard InChI is InChI=1S/C18H23N7/c1-11-9-12(2)21-18(20-11)25-8-4-5-13(10-25)15-7-6-14-16(19)23-24(3)17(14)22-15/h6-7,9,13H,4-5,8,10H2,1-3H3,(H2,19,23)/t13-/m1/s1. The van der Waals surface area contributed by atoms with Crippen molar-refractivity contribution in [1.29, 1.82) is 0 Å². The van der Waals surface area contributed by atoms with Crippen molar-refractivity contribution in [3.05, 3.63) is 35.3 Å². The van der Waals surface area contributed by atoms with E-state index >= 15 is 0 Å². The van der Waals surface area contributed by atoms with Crippen LogP contribution < -0.4 is 10.6 Å². The Bertz CT molecular complexity index is 910. The first kappa shape index (κ1) is 15.8. The van der Waals surface area contributed by atoms with Gasteiger partial charge in [-0.3, -0.25) is 0 Å². The Balaban J connectivity index is 1.63. The molecule has 0 aromatic carbocycles. The SMILES string of the molecule is Cc1cc(C)nc(N2CCC[C@@H](c3ccc4c(N)nn(C)c4n3)C2)n1. The number of hydrogen-bond donors (Lipinski definition) is 1. The largest absolute Gasteiger partial charge is 0.382 e. The second-order valence-electron chi connectivity index (χ2n) is 6.85. The van der Waals surface area contributed by atoms with E-state index < -0.39 is 0 Å². The Morgan fingerprint density at radius 1 is 1.12 bits per heavy atom. The first-order chi connectivity index (χ1) is 12.0. The summed E-state index contributed by atoms with van der Waals surface area (Å²) < 4.78 is 1.75. The van der Waals surface area contributed by atoms with Crippen LogP contribution in [0.15, 0.2) is 18.2 Å². The molecule has 1 atom stereocenters. The topological polar surface area (TPSA) is 85.8 Å². The highest BCUT2D eigenvalue weighted by Gasteiger charge is 2.25. The fraction of sp³-hybridized carbons (Fsp3) is 0.444. The summed E-state index contributed by atoms with van der Waals surface area (Å²) in [7, 11) is 1.88. The smallest absolute Gasteiger partial charge is 0.225 e. The number of piperidine rings is 1. The van der Waals surface area contributed by atoms with Crippen LogP contribution in [0, 0.1) is 13.8 Å². The zero-order valence-electron chi connectivity index (χ0n) is 14.9. The van der Waals surface area contributed by atoms with E-state index in [2.05, 4.69) is 26.0 Å². The zero-order chi connectivity index (χ0) is 17.6. The number of nitrogen functional groups attached to an aromatic ring is 1. The van der Waals surface area contributed by atoms with Crippen LogP contribution in [0.3, 0.4) is 0 Å². The van der Waals surface area contributed by atoms with Crippen LogP contribution in [-0.4, -0.2) is 37.8 Å².